The molecular weight excluding hydrogens is 374 g/mol. The van der Waals surface area contributed by atoms with Crippen molar-refractivity contribution < 1.29 is 20.1 Å². The molecule has 10 heteroatoms. The summed E-state index contributed by atoms with van der Waals surface area (Å²) in [6, 6.07) is 0.294. The molecule has 144 valence electrons. The third kappa shape index (κ3) is 2.94. The highest BCUT2D eigenvalue weighted by Gasteiger charge is 2.55. The Kier molecular flexibility index (Phi) is 4.70. The van der Waals surface area contributed by atoms with Crippen LogP contribution in [0, 0.1) is 12.3 Å². The summed E-state index contributed by atoms with van der Waals surface area (Å²) in [5.41, 5.74) is -1.23. The van der Waals surface area contributed by atoms with Crippen molar-refractivity contribution in [2.24, 2.45) is 0 Å². The molecule has 0 bridgehead atoms. The summed E-state index contributed by atoms with van der Waals surface area (Å²) in [5, 5.41) is 33.9. The van der Waals surface area contributed by atoms with Gasteiger partial charge >= 0.3 is 0 Å². The van der Waals surface area contributed by atoms with Crippen LogP contribution in [0.5, 0.6) is 0 Å². The lowest BCUT2D eigenvalue weighted by atomic mass is 9.93. The minimum absolute atomic E-state index is 0.0168. The molecule has 1 saturated heterocycles. The van der Waals surface area contributed by atoms with Gasteiger partial charge in [-0.05, 0) is 24.4 Å². The van der Waals surface area contributed by atoms with E-state index >= 15 is 0 Å². The van der Waals surface area contributed by atoms with Gasteiger partial charge < -0.3 is 25.4 Å². The number of halogens is 1. The number of hydrogen-bond acceptors (Lipinski definition) is 8. The Morgan fingerprint density at radius 3 is 2.78 bits per heavy atom. The molecule has 2 aromatic rings. The number of anilines is 1. The first kappa shape index (κ1) is 18.4. The minimum Gasteiger partial charge on any atom is -0.394 e. The Balaban J connectivity index is 1.73. The van der Waals surface area contributed by atoms with Crippen molar-refractivity contribution >= 4 is 28.6 Å². The molecule has 1 aliphatic heterocycles. The Hall–Kier alpha value is -1.96. The van der Waals surface area contributed by atoms with Crippen molar-refractivity contribution in [2.45, 2.75) is 55.8 Å². The van der Waals surface area contributed by atoms with Crippen molar-refractivity contribution in [2.75, 3.05) is 11.9 Å². The summed E-state index contributed by atoms with van der Waals surface area (Å²) in [6.45, 7) is -0.550. The van der Waals surface area contributed by atoms with Gasteiger partial charge in [0, 0.05) is 6.04 Å². The SMILES string of the molecule is C#C[C@@]1(O)[C@@H](CO)O[C@@H](n2cnc3c(NC4CCCC4)nc(Cl)nc32)[C@@H]1O. The Morgan fingerprint density at radius 2 is 2.15 bits per heavy atom. The predicted molar refractivity (Wildman–Crippen MR) is 97.0 cm³/mol. The second-order valence-electron chi connectivity index (χ2n) is 6.90. The van der Waals surface area contributed by atoms with Gasteiger partial charge in [0.1, 0.15) is 12.2 Å². The molecule has 9 nitrogen and oxygen atoms in total. The van der Waals surface area contributed by atoms with E-state index in [0.29, 0.717) is 23.0 Å². The monoisotopic (exact) mass is 393 g/mol. The Bertz CT molecular complexity index is 893. The number of rotatable bonds is 4. The van der Waals surface area contributed by atoms with Gasteiger partial charge in [0.05, 0.1) is 12.9 Å². The summed E-state index contributed by atoms with van der Waals surface area (Å²) >= 11 is 6.09. The molecule has 0 unspecified atom stereocenters. The number of aliphatic hydroxyl groups is 3. The predicted octanol–water partition coefficient (Wildman–Crippen LogP) is 0.449. The van der Waals surface area contributed by atoms with E-state index in [2.05, 4.69) is 26.2 Å². The normalized spacial score (nSPS) is 31.4. The van der Waals surface area contributed by atoms with Crippen LogP contribution in [0.25, 0.3) is 11.2 Å². The zero-order valence-corrected chi connectivity index (χ0v) is 15.2. The maximum Gasteiger partial charge on any atom is 0.226 e. The van der Waals surface area contributed by atoms with Gasteiger partial charge in [-0.1, -0.05) is 18.8 Å². The molecule has 4 atom stereocenters. The molecule has 4 rings (SSSR count). The highest BCUT2D eigenvalue weighted by molar-refractivity contribution is 6.28. The van der Waals surface area contributed by atoms with E-state index < -0.39 is 30.6 Å². The van der Waals surface area contributed by atoms with Crippen molar-refractivity contribution in [3.05, 3.63) is 11.6 Å². The standard InChI is InChI=1S/C17H20ClN5O4/c1-2-17(26)10(7-24)27-15(12(17)25)23-8-19-11-13(20-9-5-3-4-6-9)21-16(18)22-14(11)23/h1,8-10,12,15,24-26H,3-7H2,(H,20,21,22)/t10-,12+,15-,17-/m1/s1. The van der Waals surface area contributed by atoms with Gasteiger partial charge in [-0.3, -0.25) is 4.57 Å². The van der Waals surface area contributed by atoms with Gasteiger partial charge in [0.15, 0.2) is 28.8 Å². The molecule has 27 heavy (non-hydrogen) atoms. The third-order valence-corrected chi connectivity index (χ3v) is 5.45. The van der Waals surface area contributed by atoms with Crippen molar-refractivity contribution in [3.8, 4) is 12.3 Å². The van der Waals surface area contributed by atoms with Crippen molar-refractivity contribution in [3.63, 3.8) is 0 Å². The lowest BCUT2D eigenvalue weighted by Crippen LogP contribution is -2.47. The van der Waals surface area contributed by atoms with E-state index in [1.54, 1.807) is 0 Å². The average Bonchev–Trinajstić information content (AvgIpc) is 3.36. The average molecular weight is 394 g/mol. The van der Waals surface area contributed by atoms with Crippen LogP contribution in [0.2, 0.25) is 5.28 Å². The fourth-order valence-corrected chi connectivity index (χ4v) is 3.94. The molecule has 3 heterocycles. The first-order chi connectivity index (χ1) is 13.0. The van der Waals surface area contributed by atoms with Crippen LogP contribution in [0.15, 0.2) is 6.33 Å². The minimum atomic E-state index is -2.03. The number of imidazole rings is 1. The number of nitrogens with zero attached hydrogens (tertiary/aromatic N) is 4. The van der Waals surface area contributed by atoms with Crippen LogP contribution < -0.4 is 5.32 Å². The van der Waals surface area contributed by atoms with Gasteiger partial charge in [0.2, 0.25) is 5.28 Å². The number of hydrogen-bond donors (Lipinski definition) is 4. The number of ether oxygens (including phenoxy) is 1. The van der Waals surface area contributed by atoms with E-state index in [4.69, 9.17) is 22.8 Å². The summed E-state index contributed by atoms with van der Waals surface area (Å²) < 4.78 is 7.04. The highest BCUT2D eigenvalue weighted by Crippen LogP contribution is 2.38. The van der Waals surface area contributed by atoms with Crippen LogP contribution >= 0.6 is 11.6 Å². The number of aromatic nitrogens is 4. The smallest absolute Gasteiger partial charge is 0.226 e. The first-order valence-corrected chi connectivity index (χ1v) is 9.17. The van der Waals surface area contributed by atoms with Gasteiger partial charge in [-0.15, -0.1) is 6.42 Å². The van der Waals surface area contributed by atoms with E-state index in [1.807, 2.05) is 0 Å². The number of nitrogens with one attached hydrogen (secondary N) is 1. The maximum absolute atomic E-state index is 10.5. The fraction of sp³-hybridized carbons (Fsp3) is 0.588. The molecule has 2 fully saturated rings. The fourth-order valence-electron chi connectivity index (χ4n) is 3.77. The molecule has 0 radical (unpaired) electrons. The molecular formula is C17H20ClN5O4. The van der Waals surface area contributed by atoms with Gasteiger partial charge in [0.25, 0.3) is 0 Å². The van der Waals surface area contributed by atoms with Gasteiger partial charge in [-0.2, -0.15) is 9.97 Å². The zero-order valence-electron chi connectivity index (χ0n) is 14.4. The summed E-state index contributed by atoms with van der Waals surface area (Å²) in [4.78, 5) is 12.8. The summed E-state index contributed by atoms with van der Waals surface area (Å²) in [5.74, 6) is 2.63. The molecule has 2 aliphatic rings. The summed E-state index contributed by atoms with van der Waals surface area (Å²) in [7, 11) is 0. The molecule has 1 aliphatic carbocycles. The van der Waals surface area contributed by atoms with E-state index in [-0.39, 0.29) is 5.28 Å². The molecule has 2 aromatic heterocycles. The van der Waals surface area contributed by atoms with E-state index in [0.717, 1.165) is 25.7 Å². The van der Waals surface area contributed by atoms with Crippen LogP contribution in [0.4, 0.5) is 5.82 Å². The van der Waals surface area contributed by atoms with Gasteiger partial charge in [-0.25, -0.2) is 4.98 Å². The lowest BCUT2D eigenvalue weighted by Gasteiger charge is -2.24. The Morgan fingerprint density at radius 1 is 1.41 bits per heavy atom. The van der Waals surface area contributed by atoms with E-state index in [9.17, 15) is 15.3 Å². The zero-order chi connectivity index (χ0) is 19.2. The first-order valence-electron chi connectivity index (χ1n) is 8.79. The topological polar surface area (TPSA) is 126 Å². The molecule has 4 N–H and O–H groups in total. The molecule has 1 saturated carbocycles. The highest BCUT2D eigenvalue weighted by atomic mass is 35.5. The third-order valence-electron chi connectivity index (χ3n) is 5.28. The van der Waals surface area contributed by atoms with Crippen molar-refractivity contribution in [1.29, 1.82) is 0 Å². The van der Waals surface area contributed by atoms with Crippen LogP contribution in [-0.4, -0.2) is 65.3 Å². The second-order valence-corrected chi connectivity index (χ2v) is 7.24. The van der Waals surface area contributed by atoms with Crippen molar-refractivity contribution in [1.82, 2.24) is 19.5 Å². The quantitative estimate of drug-likeness (QED) is 0.436. The van der Waals surface area contributed by atoms with E-state index in [1.165, 1.54) is 10.9 Å². The molecule has 0 amide bonds. The maximum atomic E-state index is 10.5. The second kappa shape index (κ2) is 6.89. The van der Waals surface area contributed by atoms with Crippen LogP contribution in [-0.2, 0) is 4.74 Å². The number of terminal acetylenes is 1. The van der Waals surface area contributed by atoms with Crippen LogP contribution in [0.3, 0.4) is 0 Å². The number of fused-ring (bicyclic) bond motifs is 1. The summed E-state index contributed by atoms with van der Waals surface area (Å²) in [6.07, 6.45) is 7.46. The van der Waals surface area contributed by atoms with Crippen LogP contribution in [0.1, 0.15) is 31.9 Å². The molecule has 0 spiro atoms. The number of aliphatic hydroxyl groups excluding tert-OH is 2. The largest absolute Gasteiger partial charge is 0.394 e. The molecule has 0 aromatic carbocycles. The lowest BCUT2D eigenvalue weighted by molar-refractivity contribution is -0.0605. The Labute approximate surface area is 160 Å².